The van der Waals surface area contributed by atoms with Crippen LogP contribution < -0.4 is 5.14 Å². The number of aromatic amines is 1. The topological polar surface area (TPSA) is 109 Å². The Hall–Kier alpha value is -2.19. The molecule has 0 bridgehead atoms. The first-order chi connectivity index (χ1) is 10.9. The number of aromatic nitrogens is 2. The van der Waals surface area contributed by atoms with Crippen LogP contribution in [0.3, 0.4) is 0 Å². The van der Waals surface area contributed by atoms with Gasteiger partial charge in [-0.15, -0.1) is 0 Å². The van der Waals surface area contributed by atoms with E-state index in [-0.39, 0.29) is 10.8 Å². The van der Waals surface area contributed by atoms with Crippen LogP contribution in [-0.4, -0.2) is 36.5 Å². The molecule has 1 aliphatic carbocycles. The minimum Gasteiger partial charge on any atom is -0.336 e. The molecule has 1 aromatic carbocycles. The Balaban J connectivity index is 1.74. The molecule has 122 valence electrons. The summed E-state index contributed by atoms with van der Waals surface area (Å²) in [6.45, 7) is 0.418. The van der Waals surface area contributed by atoms with Crippen molar-refractivity contribution in [3.05, 3.63) is 46.8 Å². The van der Waals surface area contributed by atoms with Crippen LogP contribution in [0.4, 0.5) is 0 Å². The molecule has 8 heteroatoms. The molecule has 3 rings (SSSR count). The van der Waals surface area contributed by atoms with Crippen LogP contribution in [0.25, 0.3) is 0 Å². The van der Waals surface area contributed by atoms with Crippen molar-refractivity contribution in [2.45, 2.75) is 30.7 Å². The Morgan fingerprint density at radius 3 is 2.65 bits per heavy atom. The smallest absolute Gasteiger partial charge is 0.253 e. The van der Waals surface area contributed by atoms with E-state index < -0.39 is 10.0 Å². The Morgan fingerprint density at radius 1 is 1.30 bits per heavy atom. The standard InChI is InChI=1S/C15H18N4O3S/c1-19(9-14-12-3-2-4-13(12)17-18-14)15(20)10-5-7-11(8-6-10)23(16,21)22/h5-8H,2-4,9H2,1H3,(H,17,18)(H2,16,21,22). The van der Waals surface area contributed by atoms with Crippen LogP contribution in [0.15, 0.2) is 29.2 Å². The van der Waals surface area contributed by atoms with E-state index in [1.54, 1.807) is 11.9 Å². The van der Waals surface area contributed by atoms with Crippen LogP contribution in [-0.2, 0) is 29.4 Å². The molecule has 3 N–H and O–H groups in total. The van der Waals surface area contributed by atoms with Gasteiger partial charge in [-0.05, 0) is 49.1 Å². The minimum absolute atomic E-state index is 0.0122. The average molecular weight is 334 g/mol. The second-order valence-electron chi connectivity index (χ2n) is 5.71. The monoisotopic (exact) mass is 334 g/mol. The van der Waals surface area contributed by atoms with Crippen molar-refractivity contribution in [2.24, 2.45) is 5.14 Å². The molecule has 1 aliphatic rings. The highest BCUT2D eigenvalue weighted by molar-refractivity contribution is 7.89. The minimum atomic E-state index is -3.75. The van der Waals surface area contributed by atoms with Gasteiger partial charge in [0.05, 0.1) is 17.1 Å². The van der Waals surface area contributed by atoms with Crippen molar-refractivity contribution in [1.29, 1.82) is 0 Å². The predicted octanol–water partition coefficient (Wildman–Crippen LogP) is 0.818. The summed E-state index contributed by atoms with van der Waals surface area (Å²) >= 11 is 0. The van der Waals surface area contributed by atoms with Gasteiger partial charge >= 0.3 is 0 Å². The fourth-order valence-corrected chi connectivity index (χ4v) is 3.34. The molecule has 1 aromatic heterocycles. The SMILES string of the molecule is CN(Cc1n[nH]c2c1CCC2)C(=O)c1ccc(S(N)(=O)=O)cc1. The van der Waals surface area contributed by atoms with E-state index in [0.717, 1.165) is 25.0 Å². The van der Waals surface area contributed by atoms with Crippen molar-refractivity contribution in [3.63, 3.8) is 0 Å². The molecule has 0 unspecified atom stereocenters. The van der Waals surface area contributed by atoms with Crippen LogP contribution in [0.2, 0.25) is 0 Å². The summed E-state index contributed by atoms with van der Waals surface area (Å²) in [6.07, 6.45) is 3.12. The summed E-state index contributed by atoms with van der Waals surface area (Å²) < 4.78 is 22.5. The Bertz CT molecular complexity index is 840. The number of primary sulfonamides is 1. The van der Waals surface area contributed by atoms with Gasteiger partial charge < -0.3 is 4.90 Å². The lowest BCUT2D eigenvalue weighted by Crippen LogP contribution is -2.27. The van der Waals surface area contributed by atoms with Crippen LogP contribution in [0.1, 0.15) is 33.7 Å². The maximum Gasteiger partial charge on any atom is 0.253 e. The van der Waals surface area contributed by atoms with E-state index in [0.29, 0.717) is 12.1 Å². The highest BCUT2D eigenvalue weighted by atomic mass is 32.2. The number of carbonyl (C=O) groups is 1. The van der Waals surface area contributed by atoms with Gasteiger partial charge in [0.15, 0.2) is 0 Å². The van der Waals surface area contributed by atoms with Gasteiger partial charge in [-0.1, -0.05) is 0 Å². The van der Waals surface area contributed by atoms with E-state index in [9.17, 15) is 13.2 Å². The lowest BCUT2D eigenvalue weighted by atomic mass is 10.1. The quantitative estimate of drug-likeness (QED) is 0.862. The molecule has 0 atom stereocenters. The van der Waals surface area contributed by atoms with Crippen molar-refractivity contribution in [1.82, 2.24) is 15.1 Å². The third-order valence-electron chi connectivity index (χ3n) is 4.06. The predicted molar refractivity (Wildman–Crippen MR) is 84.2 cm³/mol. The fourth-order valence-electron chi connectivity index (χ4n) is 2.82. The summed E-state index contributed by atoms with van der Waals surface area (Å²) in [4.78, 5) is 14.0. The van der Waals surface area contributed by atoms with Gasteiger partial charge in [0.1, 0.15) is 0 Å². The maximum atomic E-state index is 12.4. The summed E-state index contributed by atoms with van der Waals surface area (Å²) in [6, 6.07) is 5.60. The summed E-state index contributed by atoms with van der Waals surface area (Å²) in [7, 11) is -2.05. The molecule has 1 amide bonds. The Morgan fingerprint density at radius 2 is 2.00 bits per heavy atom. The molecule has 0 radical (unpaired) electrons. The van der Waals surface area contributed by atoms with Gasteiger partial charge in [-0.25, -0.2) is 13.6 Å². The second kappa shape index (κ2) is 5.78. The molecule has 0 aliphatic heterocycles. The number of hydrogen-bond acceptors (Lipinski definition) is 4. The van der Waals surface area contributed by atoms with E-state index >= 15 is 0 Å². The molecule has 0 saturated heterocycles. The lowest BCUT2D eigenvalue weighted by Gasteiger charge is -2.16. The third-order valence-corrected chi connectivity index (χ3v) is 4.98. The maximum absolute atomic E-state index is 12.4. The van der Waals surface area contributed by atoms with Crippen molar-refractivity contribution in [3.8, 4) is 0 Å². The molecule has 0 spiro atoms. The molecular formula is C15H18N4O3S. The molecule has 1 heterocycles. The number of carbonyl (C=O) groups excluding carboxylic acids is 1. The van der Waals surface area contributed by atoms with Crippen LogP contribution in [0.5, 0.6) is 0 Å². The van der Waals surface area contributed by atoms with Gasteiger partial charge in [0.25, 0.3) is 5.91 Å². The highest BCUT2D eigenvalue weighted by Crippen LogP contribution is 2.23. The summed E-state index contributed by atoms with van der Waals surface area (Å²) in [5, 5.41) is 12.4. The van der Waals surface area contributed by atoms with Crippen molar-refractivity contribution >= 4 is 15.9 Å². The number of aryl methyl sites for hydroxylation is 1. The zero-order chi connectivity index (χ0) is 16.6. The van der Waals surface area contributed by atoms with Gasteiger partial charge in [-0.2, -0.15) is 5.10 Å². The molecular weight excluding hydrogens is 316 g/mol. The van der Waals surface area contributed by atoms with E-state index in [2.05, 4.69) is 10.2 Å². The first-order valence-corrected chi connectivity index (χ1v) is 8.84. The van der Waals surface area contributed by atoms with Crippen molar-refractivity contribution in [2.75, 3.05) is 7.05 Å². The van der Waals surface area contributed by atoms with Gasteiger partial charge in [0, 0.05) is 18.3 Å². The number of H-pyrrole nitrogens is 1. The zero-order valence-electron chi connectivity index (χ0n) is 12.7. The van der Waals surface area contributed by atoms with Crippen LogP contribution >= 0.6 is 0 Å². The first-order valence-electron chi connectivity index (χ1n) is 7.29. The van der Waals surface area contributed by atoms with E-state index in [4.69, 9.17) is 5.14 Å². The average Bonchev–Trinajstić information content (AvgIpc) is 3.11. The molecule has 0 fully saturated rings. The van der Waals surface area contributed by atoms with E-state index in [1.165, 1.54) is 35.5 Å². The van der Waals surface area contributed by atoms with Gasteiger partial charge in [0.2, 0.25) is 10.0 Å². The summed E-state index contributed by atoms with van der Waals surface area (Å²) in [5.74, 6) is -0.194. The Labute approximate surface area is 134 Å². The molecule has 23 heavy (non-hydrogen) atoms. The number of fused-ring (bicyclic) bond motifs is 1. The molecule has 2 aromatic rings. The normalized spacial score (nSPS) is 13.8. The van der Waals surface area contributed by atoms with E-state index in [1.807, 2.05) is 0 Å². The number of hydrogen-bond donors (Lipinski definition) is 2. The first kappa shape index (κ1) is 15.7. The largest absolute Gasteiger partial charge is 0.336 e. The number of nitrogens with two attached hydrogens (primary N) is 1. The highest BCUT2D eigenvalue weighted by Gasteiger charge is 2.21. The second-order valence-corrected chi connectivity index (χ2v) is 7.27. The number of nitrogens with zero attached hydrogens (tertiary/aromatic N) is 2. The Kier molecular flexibility index (Phi) is 3.95. The lowest BCUT2D eigenvalue weighted by molar-refractivity contribution is 0.0783. The number of nitrogens with one attached hydrogen (secondary N) is 1. The third kappa shape index (κ3) is 3.13. The molecule has 7 nitrogen and oxygen atoms in total. The number of rotatable bonds is 4. The van der Waals surface area contributed by atoms with Crippen molar-refractivity contribution < 1.29 is 13.2 Å². The number of sulfonamides is 1. The molecule has 0 saturated carbocycles. The number of amides is 1. The number of benzene rings is 1. The van der Waals surface area contributed by atoms with Gasteiger partial charge in [-0.3, -0.25) is 9.89 Å². The van der Waals surface area contributed by atoms with Crippen LogP contribution in [0, 0.1) is 0 Å². The fraction of sp³-hybridized carbons (Fsp3) is 0.333. The zero-order valence-corrected chi connectivity index (χ0v) is 13.6. The summed E-state index contributed by atoms with van der Waals surface area (Å²) in [5.41, 5.74) is 3.69.